The average molecular weight is 336 g/mol. The number of hydrogen-bond donors (Lipinski definition) is 1. The lowest BCUT2D eigenvalue weighted by Gasteiger charge is -2.23. The molecule has 2 N–H and O–H groups in total. The molecule has 0 aliphatic carbocycles. The van der Waals surface area contributed by atoms with Crippen molar-refractivity contribution < 1.29 is 31.1 Å². The number of ether oxygens (including phenoxy) is 1. The van der Waals surface area contributed by atoms with Crippen molar-refractivity contribution in [2.45, 2.75) is 18.3 Å². The molecule has 0 aliphatic rings. The van der Waals surface area contributed by atoms with Crippen LogP contribution < -0.4 is 10.5 Å². The highest BCUT2D eigenvalue weighted by Gasteiger charge is 2.57. The Labute approximate surface area is 126 Å². The Morgan fingerprint density at radius 1 is 0.870 bits per heavy atom. The van der Waals surface area contributed by atoms with Crippen molar-refractivity contribution in [1.29, 1.82) is 0 Å². The molecule has 1 aromatic heterocycles. The highest BCUT2D eigenvalue weighted by Crippen LogP contribution is 2.46. The first-order chi connectivity index (χ1) is 10.6. The van der Waals surface area contributed by atoms with Crippen molar-refractivity contribution in [3.63, 3.8) is 0 Å². The van der Waals surface area contributed by atoms with Gasteiger partial charge in [0, 0.05) is 6.07 Å². The highest BCUT2D eigenvalue weighted by atomic mass is 19.4. The largest absolute Gasteiger partial charge is 0.439 e. The summed E-state index contributed by atoms with van der Waals surface area (Å²) in [6.07, 6.45) is -9.56. The summed E-state index contributed by atoms with van der Waals surface area (Å²) in [5, 5.41) is 0. The number of nitrogen functional groups attached to an aromatic ring is 1. The van der Waals surface area contributed by atoms with Gasteiger partial charge in [0.1, 0.15) is 5.75 Å². The summed E-state index contributed by atoms with van der Waals surface area (Å²) in [4.78, 5) is 3.80. The second-order valence-electron chi connectivity index (χ2n) is 4.62. The molecule has 124 valence electrons. The third-order valence-corrected chi connectivity index (χ3v) is 2.85. The van der Waals surface area contributed by atoms with E-state index < -0.39 is 23.8 Å². The van der Waals surface area contributed by atoms with E-state index in [1.165, 1.54) is 18.3 Å². The van der Waals surface area contributed by atoms with Crippen LogP contribution in [0.1, 0.15) is 11.5 Å². The summed E-state index contributed by atoms with van der Waals surface area (Å²) in [5.41, 5.74) is 4.89. The minimum atomic E-state index is -5.43. The first-order valence-corrected chi connectivity index (χ1v) is 6.20. The van der Waals surface area contributed by atoms with Crippen molar-refractivity contribution >= 4 is 5.69 Å². The Bertz CT molecular complexity index is 635. The monoisotopic (exact) mass is 336 g/mol. The molecule has 1 aromatic carbocycles. The van der Waals surface area contributed by atoms with Crippen LogP contribution in [0.5, 0.6) is 11.6 Å². The second-order valence-corrected chi connectivity index (χ2v) is 4.62. The van der Waals surface area contributed by atoms with Crippen molar-refractivity contribution in [2.75, 3.05) is 5.73 Å². The number of rotatable bonds is 3. The Balaban J connectivity index is 2.22. The molecule has 0 unspecified atom stereocenters. The van der Waals surface area contributed by atoms with E-state index in [1.807, 2.05) is 0 Å². The lowest BCUT2D eigenvalue weighted by atomic mass is 9.98. The molecule has 23 heavy (non-hydrogen) atoms. The zero-order valence-electron chi connectivity index (χ0n) is 11.3. The van der Waals surface area contributed by atoms with Gasteiger partial charge in [0.2, 0.25) is 5.88 Å². The van der Waals surface area contributed by atoms with Crippen LogP contribution in [-0.4, -0.2) is 17.3 Å². The molecular weight excluding hydrogens is 326 g/mol. The van der Waals surface area contributed by atoms with Crippen molar-refractivity contribution in [2.24, 2.45) is 0 Å². The Morgan fingerprint density at radius 2 is 1.43 bits per heavy atom. The minimum Gasteiger partial charge on any atom is -0.439 e. The number of hydrogen-bond acceptors (Lipinski definition) is 3. The first-order valence-electron chi connectivity index (χ1n) is 6.20. The Morgan fingerprint density at radius 3 is 1.87 bits per heavy atom. The van der Waals surface area contributed by atoms with Crippen molar-refractivity contribution in [1.82, 2.24) is 4.98 Å². The van der Waals surface area contributed by atoms with Gasteiger partial charge in [-0.3, -0.25) is 0 Å². The van der Waals surface area contributed by atoms with Crippen LogP contribution in [-0.2, 0) is 0 Å². The summed E-state index contributed by atoms with van der Waals surface area (Å²) in [5.74, 6) is -3.39. The third kappa shape index (κ3) is 4.27. The molecule has 0 fully saturated rings. The number of benzene rings is 1. The van der Waals surface area contributed by atoms with Crippen LogP contribution in [0.4, 0.5) is 32.0 Å². The van der Waals surface area contributed by atoms with E-state index in [9.17, 15) is 26.3 Å². The smallest absolute Gasteiger partial charge is 0.404 e. The molecule has 9 heteroatoms. The van der Waals surface area contributed by atoms with Crippen LogP contribution in [0.15, 0.2) is 42.6 Å². The summed E-state index contributed by atoms with van der Waals surface area (Å²) in [6.45, 7) is 0. The van der Waals surface area contributed by atoms with Gasteiger partial charge in [-0.25, -0.2) is 4.98 Å². The number of anilines is 1. The topological polar surface area (TPSA) is 48.1 Å². The predicted octanol–water partition coefficient (Wildman–Crippen LogP) is 4.66. The van der Waals surface area contributed by atoms with Gasteiger partial charge in [0.15, 0.2) is 5.92 Å². The molecule has 0 saturated heterocycles. The molecule has 0 amide bonds. The van der Waals surface area contributed by atoms with Crippen LogP contribution in [0.3, 0.4) is 0 Å². The molecule has 3 nitrogen and oxygen atoms in total. The summed E-state index contributed by atoms with van der Waals surface area (Å²) >= 11 is 0. The van der Waals surface area contributed by atoms with Crippen LogP contribution in [0.2, 0.25) is 0 Å². The van der Waals surface area contributed by atoms with E-state index >= 15 is 0 Å². The van der Waals surface area contributed by atoms with E-state index in [0.29, 0.717) is 5.69 Å². The summed E-state index contributed by atoms with van der Waals surface area (Å²) in [6, 6.07) is 6.36. The molecular formula is C14H10F6N2O. The summed E-state index contributed by atoms with van der Waals surface area (Å²) in [7, 11) is 0. The van der Waals surface area contributed by atoms with Gasteiger partial charge in [-0.1, -0.05) is 12.1 Å². The van der Waals surface area contributed by atoms with Gasteiger partial charge in [-0.15, -0.1) is 0 Å². The maximum atomic E-state index is 12.6. The van der Waals surface area contributed by atoms with E-state index in [2.05, 4.69) is 4.98 Å². The minimum absolute atomic E-state index is 0.0501. The van der Waals surface area contributed by atoms with E-state index in [0.717, 1.165) is 24.3 Å². The third-order valence-electron chi connectivity index (χ3n) is 2.85. The molecule has 2 rings (SSSR count). The molecule has 1 heterocycles. The highest BCUT2D eigenvalue weighted by molar-refractivity contribution is 5.38. The number of nitrogens with two attached hydrogens (primary N) is 1. The number of alkyl halides is 6. The van der Waals surface area contributed by atoms with Crippen molar-refractivity contribution in [3.05, 3.63) is 48.2 Å². The quantitative estimate of drug-likeness (QED) is 0.829. The maximum absolute atomic E-state index is 12.6. The van der Waals surface area contributed by atoms with Gasteiger partial charge < -0.3 is 10.5 Å². The van der Waals surface area contributed by atoms with Crippen molar-refractivity contribution in [3.8, 4) is 11.6 Å². The maximum Gasteiger partial charge on any atom is 0.404 e. The van der Waals surface area contributed by atoms with E-state index in [-0.39, 0.29) is 11.6 Å². The fourth-order valence-electron chi connectivity index (χ4n) is 1.86. The molecule has 0 spiro atoms. The fraction of sp³-hybridized carbons (Fsp3) is 0.214. The number of halogens is 6. The lowest BCUT2D eigenvalue weighted by Crippen LogP contribution is -2.34. The number of pyridine rings is 1. The molecule has 0 atom stereocenters. The van der Waals surface area contributed by atoms with Crippen LogP contribution in [0, 0.1) is 0 Å². The number of aromatic nitrogens is 1. The van der Waals surface area contributed by atoms with Crippen LogP contribution in [0.25, 0.3) is 0 Å². The van der Waals surface area contributed by atoms with E-state index in [4.69, 9.17) is 10.5 Å². The normalized spacial score (nSPS) is 12.5. The van der Waals surface area contributed by atoms with Crippen LogP contribution >= 0.6 is 0 Å². The molecule has 0 radical (unpaired) electrons. The first kappa shape index (κ1) is 16.9. The molecule has 0 aliphatic heterocycles. The van der Waals surface area contributed by atoms with Gasteiger partial charge in [0.25, 0.3) is 0 Å². The SMILES string of the molecule is Nc1ccc(Oc2ccc(C(C(F)(F)F)C(F)(F)F)cc2)nc1. The molecule has 0 saturated carbocycles. The van der Waals surface area contributed by atoms with Gasteiger partial charge in [-0.2, -0.15) is 26.3 Å². The predicted molar refractivity (Wildman–Crippen MR) is 70.0 cm³/mol. The molecule has 0 bridgehead atoms. The fourth-order valence-corrected chi connectivity index (χ4v) is 1.86. The number of nitrogens with zero attached hydrogens (tertiary/aromatic N) is 1. The van der Waals surface area contributed by atoms with Gasteiger partial charge in [-0.05, 0) is 23.8 Å². The summed E-state index contributed by atoms with van der Waals surface area (Å²) < 4.78 is 80.9. The second kappa shape index (κ2) is 5.98. The average Bonchev–Trinajstić information content (AvgIpc) is 2.40. The van der Waals surface area contributed by atoms with Gasteiger partial charge >= 0.3 is 12.4 Å². The Hall–Kier alpha value is -2.45. The zero-order chi connectivity index (χ0) is 17.3. The lowest BCUT2D eigenvalue weighted by molar-refractivity contribution is -0.253. The molecule has 2 aromatic rings. The Kier molecular flexibility index (Phi) is 4.39. The van der Waals surface area contributed by atoms with Gasteiger partial charge in [0.05, 0.1) is 11.9 Å². The van der Waals surface area contributed by atoms with E-state index in [1.54, 1.807) is 0 Å². The zero-order valence-corrected chi connectivity index (χ0v) is 11.3. The standard InChI is InChI=1S/C14H10F6N2O/c15-13(16,17)12(14(18,19)20)8-1-4-10(5-2-8)23-11-6-3-9(21)7-22-11/h1-7,12H,21H2.